The Labute approximate surface area is 124 Å². The summed E-state index contributed by atoms with van der Waals surface area (Å²) < 4.78 is 0. The number of benzene rings is 3. The predicted molar refractivity (Wildman–Crippen MR) is 88.4 cm³/mol. The summed E-state index contributed by atoms with van der Waals surface area (Å²) in [4.78, 5) is 0. The number of rotatable bonds is 0. The molecule has 0 fully saturated rings. The Morgan fingerprint density at radius 1 is 0.571 bits per heavy atom. The zero-order valence-electron chi connectivity index (χ0n) is 11.6. The van der Waals surface area contributed by atoms with Crippen LogP contribution in [0.15, 0.2) is 85.0 Å². The van der Waals surface area contributed by atoms with Gasteiger partial charge in [0.25, 0.3) is 0 Å². The third kappa shape index (κ3) is 1.30. The number of hydrogen-bond acceptors (Lipinski definition) is 0. The van der Waals surface area contributed by atoms with E-state index in [-0.39, 0.29) is 5.41 Å². The van der Waals surface area contributed by atoms with Crippen LogP contribution in [0.1, 0.15) is 11.1 Å². The Morgan fingerprint density at radius 3 is 2.05 bits per heavy atom. The predicted octanol–water partition coefficient (Wildman–Crippen LogP) is 5.23. The molecule has 0 bridgehead atoms. The molecular formula is C21H14. The normalized spacial score (nSPS) is 16.6. The number of allylic oxidation sites excluding steroid dienone is 4. The molecule has 2 aliphatic carbocycles. The highest BCUT2D eigenvalue weighted by molar-refractivity contribution is 5.95. The summed E-state index contributed by atoms with van der Waals surface area (Å²) in [6.07, 6.45) is 8.99. The second-order valence-electron chi connectivity index (χ2n) is 5.88. The minimum atomic E-state index is -0.0596. The molecule has 0 heteroatoms. The maximum atomic E-state index is 2.37. The summed E-state index contributed by atoms with van der Waals surface area (Å²) in [6.45, 7) is 0. The van der Waals surface area contributed by atoms with Crippen molar-refractivity contribution in [2.75, 3.05) is 0 Å². The Bertz CT molecular complexity index is 929. The van der Waals surface area contributed by atoms with E-state index in [1.54, 1.807) is 0 Å². The molecule has 0 atom stereocenters. The molecule has 0 heterocycles. The SMILES string of the molecule is C1=CC2(C=C1)c1ccccc1-c1cc3ccccc3cc12. The van der Waals surface area contributed by atoms with Gasteiger partial charge in [-0.1, -0.05) is 72.8 Å². The summed E-state index contributed by atoms with van der Waals surface area (Å²) in [5.41, 5.74) is 5.50. The first-order valence-corrected chi connectivity index (χ1v) is 7.39. The molecule has 2 aliphatic rings. The van der Waals surface area contributed by atoms with Crippen LogP contribution in [0, 0.1) is 0 Å². The smallest absolute Gasteiger partial charge is 0.0581 e. The zero-order chi connectivity index (χ0) is 13.9. The summed E-state index contributed by atoms with van der Waals surface area (Å²) in [6, 6.07) is 22.1. The van der Waals surface area contributed by atoms with Crippen LogP contribution in [0.25, 0.3) is 21.9 Å². The number of hydrogen-bond donors (Lipinski definition) is 0. The highest BCUT2D eigenvalue weighted by Crippen LogP contribution is 2.52. The van der Waals surface area contributed by atoms with Gasteiger partial charge in [0.05, 0.1) is 5.41 Å². The summed E-state index contributed by atoms with van der Waals surface area (Å²) in [7, 11) is 0. The molecular weight excluding hydrogens is 252 g/mol. The van der Waals surface area contributed by atoms with Gasteiger partial charge in [-0.2, -0.15) is 0 Å². The van der Waals surface area contributed by atoms with Crippen LogP contribution in [0.4, 0.5) is 0 Å². The van der Waals surface area contributed by atoms with Crippen molar-refractivity contribution in [2.24, 2.45) is 0 Å². The third-order valence-corrected chi connectivity index (χ3v) is 4.82. The molecule has 0 saturated carbocycles. The summed E-state index contributed by atoms with van der Waals surface area (Å²) >= 11 is 0. The lowest BCUT2D eigenvalue weighted by Gasteiger charge is -2.22. The molecule has 5 rings (SSSR count). The first-order valence-electron chi connectivity index (χ1n) is 7.39. The molecule has 21 heavy (non-hydrogen) atoms. The lowest BCUT2D eigenvalue weighted by atomic mass is 9.79. The standard InChI is InChI=1S/C21H14/c1-2-8-16-14-20-18(13-15(16)7-1)17-9-3-4-10-19(17)21(20)11-5-6-12-21/h1-14H. The van der Waals surface area contributed by atoms with E-state index >= 15 is 0 Å². The van der Waals surface area contributed by atoms with Gasteiger partial charge < -0.3 is 0 Å². The molecule has 0 nitrogen and oxygen atoms in total. The van der Waals surface area contributed by atoms with Crippen molar-refractivity contribution >= 4 is 10.8 Å². The molecule has 0 radical (unpaired) electrons. The molecule has 3 aromatic rings. The first-order chi connectivity index (χ1) is 10.4. The van der Waals surface area contributed by atoms with Gasteiger partial charge in [-0.05, 0) is 45.2 Å². The van der Waals surface area contributed by atoms with Crippen LogP contribution in [-0.2, 0) is 5.41 Å². The first kappa shape index (κ1) is 11.1. The fraction of sp³-hybridized carbons (Fsp3) is 0.0476. The molecule has 0 unspecified atom stereocenters. The van der Waals surface area contributed by atoms with Crippen molar-refractivity contribution in [1.29, 1.82) is 0 Å². The lowest BCUT2D eigenvalue weighted by molar-refractivity contribution is 0.860. The van der Waals surface area contributed by atoms with Gasteiger partial charge >= 0.3 is 0 Å². The Balaban J connectivity index is 1.96. The summed E-state index contributed by atoms with van der Waals surface area (Å²) in [5.74, 6) is 0. The molecule has 0 aliphatic heterocycles. The quantitative estimate of drug-likeness (QED) is 0.522. The number of fused-ring (bicyclic) bond motifs is 6. The van der Waals surface area contributed by atoms with Crippen molar-refractivity contribution < 1.29 is 0 Å². The van der Waals surface area contributed by atoms with Gasteiger partial charge in [0, 0.05) is 0 Å². The van der Waals surface area contributed by atoms with Gasteiger partial charge in [-0.15, -0.1) is 0 Å². The van der Waals surface area contributed by atoms with E-state index in [1.807, 2.05) is 0 Å². The van der Waals surface area contributed by atoms with E-state index < -0.39 is 0 Å². The van der Waals surface area contributed by atoms with Gasteiger partial charge in [0.2, 0.25) is 0 Å². The van der Waals surface area contributed by atoms with Crippen molar-refractivity contribution in [2.45, 2.75) is 5.41 Å². The topological polar surface area (TPSA) is 0 Å². The van der Waals surface area contributed by atoms with Crippen LogP contribution in [0.2, 0.25) is 0 Å². The Hall–Kier alpha value is -2.60. The highest BCUT2D eigenvalue weighted by Gasteiger charge is 2.40. The van der Waals surface area contributed by atoms with Gasteiger partial charge in [0.15, 0.2) is 0 Å². The molecule has 0 aromatic heterocycles. The Kier molecular flexibility index (Phi) is 1.97. The van der Waals surface area contributed by atoms with E-state index in [1.165, 1.54) is 33.0 Å². The van der Waals surface area contributed by atoms with Crippen LogP contribution in [0.5, 0.6) is 0 Å². The van der Waals surface area contributed by atoms with Gasteiger partial charge in [0.1, 0.15) is 0 Å². The second-order valence-corrected chi connectivity index (χ2v) is 5.88. The monoisotopic (exact) mass is 266 g/mol. The average molecular weight is 266 g/mol. The molecule has 3 aromatic carbocycles. The van der Waals surface area contributed by atoms with Crippen molar-refractivity contribution in [1.82, 2.24) is 0 Å². The van der Waals surface area contributed by atoms with E-state index in [9.17, 15) is 0 Å². The summed E-state index contributed by atoms with van der Waals surface area (Å²) in [5, 5.41) is 2.63. The van der Waals surface area contributed by atoms with Gasteiger partial charge in [-0.3, -0.25) is 0 Å². The lowest BCUT2D eigenvalue weighted by Crippen LogP contribution is -2.17. The van der Waals surface area contributed by atoms with E-state index in [0.717, 1.165) is 0 Å². The third-order valence-electron chi connectivity index (χ3n) is 4.82. The zero-order valence-corrected chi connectivity index (χ0v) is 11.6. The van der Waals surface area contributed by atoms with E-state index in [4.69, 9.17) is 0 Å². The molecule has 1 spiro atoms. The maximum Gasteiger partial charge on any atom is 0.0581 e. The van der Waals surface area contributed by atoms with Crippen LogP contribution in [-0.4, -0.2) is 0 Å². The fourth-order valence-corrected chi connectivity index (χ4v) is 3.86. The maximum absolute atomic E-state index is 2.37. The molecule has 0 amide bonds. The minimum Gasteiger partial charge on any atom is -0.0658 e. The van der Waals surface area contributed by atoms with Crippen LogP contribution < -0.4 is 0 Å². The van der Waals surface area contributed by atoms with Crippen molar-refractivity contribution in [3.05, 3.63) is 96.1 Å². The van der Waals surface area contributed by atoms with Crippen LogP contribution in [0.3, 0.4) is 0 Å². The van der Waals surface area contributed by atoms with E-state index in [0.29, 0.717) is 0 Å². The highest BCUT2D eigenvalue weighted by atomic mass is 14.4. The minimum absolute atomic E-state index is 0.0596. The van der Waals surface area contributed by atoms with Gasteiger partial charge in [-0.25, -0.2) is 0 Å². The van der Waals surface area contributed by atoms with E-state index in [2.05, 4.69) is 85.0 Å². The van der Waals surface area contributed by atoms with Crippen molar-refractivity contribution in [3.8, 4) is 11.1 Å². The molecule has 98 valence electrons. The average Bonchev–Trinajstić information content (AvgIpc) is 3.13. The fourth-order valence-electron chi connectivity index (χ4n) is 3.86. The van der Waals surface area contributed by atoms with Crippen molar-refractivity contribution in [3.63, 3.8) is 0 Å². The Morgan fingerprint density at radius 2 is 1.24 bits per heavy atom. The van der Waals surface area contributed by atoms with Crippen LogP contribution >= 0.6 is 0 Å². The molecule has 0 N–H and O–H groups in total. The molecule has 0 saturated heterocycles. The largest absolute Gasteiger partial charge is 0.0658 e. The second kappa shape index (κ2) is 3.73.